The number of methoxy groups -OCH3 is 2. The van der Waals surface area contributed by atoms with Gasteiger partial charge in [-0.1, -0.05) is 6.07 Å². The highest BCUT2D eigenvalue weighted by Gasteiger charge is 2.07. The van der Waals surface area contributed by atoms with E-state index in [4.69, 9.17) is 9.47 Å². The summed E-state index contributed by atoms with van der Waals surface area (Å²) in [5, 5.41) is 2.75. The highest BCUT2D eigenvalue weighted by Crippen LogP contribution is 2.18. The normalized spacial score (nSPS) is 9.94. The number of ether oxygens (including phenoxy) is 2. The summed E-state index contributed by atoms with van der Waals surface area (Å²) >= 11 is 0. The number of rotatable bonds is 5. The number of carbonyl (C=O) groups excluding carboxylic acids is 1. The van der Waals surface area contributed by atoms with Gasteiger partial charge < -0.3 is 14.8 Å². The van der Waals surface area contributed by atoms with E-state index in [-0.39, 0.29) is 5.91 Å². The number of nitrogens with one attached hydrogen (secondary N) is 1. The van der Waals surface area contributed by atoms with Crippen LogP contribution in [0.5, 0.6) is 5.75 Å². The highest BCUT2D eigenvalue weighted by atomic mass is 16.5. The van der Waals surface area contributed by atoms with Gasteiger partial charge in [0.2, 0.25) is 0 Å². The molecule has 0 saturated heterocycles. The van der Waals surface area contributed by atoms with Crippen LogP contribution in [0.25, 0.3) is 0 Å². The first-order chi connectivity index (χ1) is 7.69. The Morgan fingerprint density at radius 2 is 2.12 bits per heavy atom. The van der Waals surface area contributed by atoms with Crippen molar-refractivity contribution in [3.05, 3.63) is 29.3 Å². The molecule has 0 fully saturated rings. The number of aryl methyl sites for hydroxylation is 1. The third-order valence-corrected chi connectivity index (χ3v) is 2.26. The molecule has 1 aromatic carbocycles. The fourth-order valence-corrected chi connectivity index (χ4v) is 1.33. The van der Waals surface area contributed by atoms with Crippen LogP contribution in [-0.4, -0.2) is 33.3 Å². The first kappa shape index (κ1) is 12.5. The predicted molar refractivity (Wildman–Crippen MR) is 61.9 cm³/mol. The van der Waals surface area contributed by atoms with Gasteiger partial charge in [0.05, 0.1) is 13.7 Å². The lowest BCUT2D eigenvalue weighted by atomic mass is 10.1. The van der Waals surface area contributed by atoms with E-state index in [9.17, 15) is 4.79 Å². The van der Waals surface area contributed by atoms with Crippen molar-refractivity contribution in [2.24, 2.45) is 0 Å². The van der Waals surface area contributed by atoms with Crippen molar-refractivity contribution >= 4 is 5.91 Å². The van der Waals surface area contributed by atoms with Crippen molar-refractivity contribution in [2.75, 3.05) is 27.4 Å². The number of benzene rings is 1. The van der Waals surface area contributed by atoms with Crippen LogP contribution in [0.1, 0.15) is 15.9 Å². The minimum atomic E-state index is -0.115. The van der Waals surface area contributed by atoms with Crippen LogP contribution in [0.4, 0.5) is 0 Å². The Morgan fingerprint density at radius 3 is 2.75 bits per heavy atom. The molecule has 0 radical (unpaired) electrons. The summed E-state index contributed by atoms with van der Waals surface area (Å²) in [5.41, 5.74) is 1.61. The third-order valence-electron chi connectivity index (χ3n) is 2.26. The molecule has 1 aromatic rings. The zero-order valence-corrected chi connectivity index (χ0v) is 9.87. The quantitative estimate of drug-likeness (QED) is 0.767. The van der Waals surface area contributed by atoms with E-state index in [0.717, 1.165) is 11.3 Å². The van der Waals surface area contributed by atoms with Gasteiger partial charge in [0.1, 0.15) is 5.75 Å². The highest BCUT2D eigenvalue weighted by molar-refractivity contribution is 5.94. The summed E-state index contributed by atoms with van der Waals surface area (Å²) in [6, 6.07) is 5.38. The van der Waals surface area contributed by atoms with Crippen molar-refractivity contribution < 1.29 is 14.3 Å². The molecular weight excluding hydrogens is 206 g/mol. The molecule has 1 N–H and O–H groups in total. The van der Waals surface area contributed by atoms with Crippen molar-refractivity contribution in [3.8, 4) is 5.75 Å². The van der Waals surface area contributed by atoms with Gasteiger partial charge in [-0.3, -0.25) is 4.79 Å². The topological polar surface area (TPSA) is 47.6 Å². The Kier molecular flexibility index (Phi) is 4.79. The van der Waals surface area contributed by atoms with Crippen LogP contribution in [0, 0.1) is 6.92 Å². The summed E-state index contributed by atoms with van der Waals surface area (Å²) in [5.74, 6) is 0.606. The zero-order chi connectivity index (χ0) is 12.0. The molecule has 1 rings (SSSR count). The Hall–Kier alpha value is -1.55. The van der Waals surface area contributed by atoms with Gasteiger partial charge in [0.25, 0.3) is 5.91 Å². The van der Waals surface area contributed by atoms with Gasteiger partial charge in [-0.2, -0.15) is 0 Å². The molecule has 0 unspecified atom stereocenters. The molecule has 16 heavy (non-hydrogen) atoms. The molecule has 0 aliphatic heterocycles. The summed E-state index contributed by atoms with van der Waals surface area (Å²) < 4.78 is 10.0. The molecule has 0 aliphatic rings. The van der Waals surface area contributed by atoms with Crippen molar-refractivity contribution in [1.82, 2.24) is 5.32 Å². The standard InChI is InChI=1S/C12H17NO3/c1-9-4-5-10(8-11(9)16-3)12(14)13-6-7-15-2/h4-5,8H,6-7H2,1-3H3,(H,13,14). The lowest BCUT2D eigenvalue weighted by Gasteiger charge is -2.08. The molecule has 4 nitrogen and oxygen atoms in total. The SMILES string of the molecule is COCCNC(=O)c1ccc(C)c(OC)c1. The van der Waals surface area contributed by atoms with Crippen LogP contribution >= 0.6 is 0 Å². The van der Waals surface area contributed by atoms with Crippen LogP contribution in [-0.2, 0) is 4.74 Å². The van der Waals surface area contributed by atoms with Gasteiger partial charge in [-0.15, -0.1) is 0 Å². The van der Waals surface area contributed by atoms with Crippen molar-refractivity contribution in [1.29, 1.82) is 0 Å². The maximum atomic E-state index is 11.7. The number of carbonyl (C=O) groups is 1. The zero-order valence-electron chi connectivity index (χ0n) is 9.87. The summed E-state index contributed by atoms with van der Waals surface area (Å²) in [7, 11) is 3.19. The Bertz CT molecular complexity index is 363. The van der Waals surface area contributed by atoms with Crippen LogP contribution in [0.2, 0.25) is 0 Å². The number of hydrogen-bond acceptors (Lipinski definition) is 3. The molecule has 0 atom stereocenters. The van der Waals surface area contributed by atoms with E-state index in [1.807, 2.05) is 13.0 Å². The molecule has 0 saturated carbocycles. The molecule has 88 valence electrons. The minimum Gasteiger partial charge on any atom is -0.496 e. The van der Waals surface area contributed by atoms with Gasteiger partial charge >= 0.3 is 0 Å². The molecule has 0 aliphatic carbocycles. The first-order valence-electron chi connectivity index (χ1n) is 5.11. The second kappa shape index (κ2) is 6.12. The average molecular weight is 223 g/mol. The van der Waals surface area contributed by atoms with Gasteiger partial charge in [0, 0.05) is 19.2 Å². The Balaban J connectivity index is 2.68. The summed E-state index contributed by atoms with van der Waals surface area (Å²) in [6.45, 7) is 2.95. The average Bonchev–Trinajstić information content (AvgIpc) is 2.30. The largest absolute Gasteiger partial charge is 0.496 e. The van der Waals surface area contributed by atoms with Crippen molar-refractivity contribution in [2.45, 2.75) is 6.92 Å². The lowest BCUT2D eigenvalue weighted by Crippen LogP contribution is -2.26. The summed E-state index contributed by atoms with van der Waals surface area (Å²) in [6.07, 6.45) is 0. The Morgan fingerprint density at radius 1 is 1.38 bits per heavy atom. The van der Waals surface area contributed by atoms with Crippen LogP contribution < -0.4 is 10.1 Å². The van der Waals surface area contributed by atoms with Gasteiger partial charge in [-0.05, 0) is 24.6 Å². The van der Waals surface area contributed by atoms with E-state index in [0.29, 0.717) is 18.7 Å². The van der Waals surface area contributed by atoms with E-state index in [2.05, 4.69) is 5.32 Å². The smallest absolute Gasteiger partial charge is 0.251 e. The van der Waals surface area contributed by atoms with E-state index in [1.54, 1.807) is 26.4 Å². The number of amides is 1. The second-order valence-electron chi connectivity index (χ2n) is 3.43. The van der Waals surface area contributed by atoms with Crippen LogP contribution in [0.15, 0.2) is 18.2 Å². The van der Waals surface area contributed by atoms with E-state index in [1.165, 1.54) is 0 Å². The minimum absolute atomic E-state index is 0.115. The maximum Gasteiger partial charge on any atom is 0.251 e. The molecular formula is C12H17NO3. The van der Waals surface area contributed by atoms with E-state index < -0.39 is 0 Å². The molecule has 0 bridgehead atoms. The van der Waals surface area contributed by atoms with Gasteiger partial charge in [-0.25, -0.2) is 0 Å². The molecule has 1 amide bonds. The first-order valence-corrected chi connectivity index (χ1v) is 5.11. The fourth-order valence-electron chi connectivity index (χ4n) is 1.33. The Labute approximate surface area is 95.6 Å². The second-order valence-corrected chi connectivity index (χ2v) is 3.43. The molecule has 0 aromatic heterocycles. The van der Waals surface area contributed by atoms with Crippen LogP contribution in [0.3, 0.4) is 0 Å². The molecule has 0 spiro atoms. The maximum absolute atomic E-state index is 11.7. The predicted octanol–water partition coefficient (Wildman–Crippen LogP) is 1.38. The lowest BCUT2D eigenvalue weighted by molar-refractivity contribution is 0.0937. The van der Waals surface area contributed by atoms with E-state index >= 15 is 0 Å². The van der Waals surface area contributed by atoms with Gasteiger partial charge in [0.15, 0.2) is 0 Å². The van der Waals surface area contributed by atoms with Crippen molar-refractivity contribution in [3.63, 3.8) is 0 Å². The number of hydrogen-bond donors (Lipinski definition) is 1. The fraction of sp³-hybridized carbons (Fsp3) is 0.417. The molecule has 0 heterocycles. The molecule has 4 heteroatoms. The third kappa shape index (κ3) is 3.24. The monoisotopic (exact) mass is 223 g/mol. The summed E-state index contributed by atoms with van der Waals surface area (Å²) in [4.78, 5) is 11.7.